The van der Waals surface area contributed by atoms with Crippen LogP contribution in [0, 0.1) is 0 Å². The summed E-state index contributed by atoms with van der Waals surface area (Å²) >= 11 is 0. The van der Waals surface area contributed by atoms with E-state index in [9.17, 15) is 24.6 Å². The summed E-state index contributed by atoms with van der Waals surface area (Å²) < 4.78 is 5.03. The van der Waals surface area contributed by atoms with Gasteiger partial charge in [0.1, 0.15) is 32.0 Å². The molecule has 1 amide bonds. The van der Waals surface area contributed by atoms with Crippen molar-refractivity contribution in [1.82, 2.24) is 10.6 Å². The van der Waals surface area contributed by atoms with Crippen molar-refractivity contribution >= 4 is 39.6 Å². The quantitative estimate of drug-likeness (QED) is 0.0870. The molecule has 184 valence electrons. The Morgan fingerprint density at radius 2 is 1.29 bits per heavy atom. The van der Waals surface area contributed by atoms with Crippen molar-refractivity contribution in [1.29, 1.82) is 0 Å². The SMILES string of the molecule is O=C(N[C@@H](CSSC[C@H](NCOOCc1ccccc1)C(=O)O)C(=O)O)OCc1ccccc1. The molecule has 0 aliphatic carbocycles. The second-order valence-electron chi connectivity index (χ2n) is 6.77. The van der Waals surface area contributed by atoms with Gasteiger partial charge in [0.2, 0.25) is 0 Å². The van der Waals surface area contributed by atoms with Crippen LogP contribution in [0.2, 0.25) is 0 Å². The summed E-state index contributed by atoms with van der Waals surface area (Å²) in [5, 5.41) is 23.6. The highest BCUT2D eigenvalue weighted by atomic mass is 33.1. The van der Waals surface area contributed by atoms with Gasteiger partial charge >= 0.3 is 18.0 Å². The summed E-state index contributed by atoms with van der Waals surface area (Å²) in [6.07, 6.45) is -0.848. The molecule has 0 fully saturated rings. The molecule has 0 heterocycles. The van der Waals surface area contributed by atoms with Crippen LogP contribution in [0.1, 0.15) is 11.1 Å². The van der Waals surface area contributed by atoms with E-state index in [4.69, 9.17) is 14.5 Å². The normalized spacial score (nSPS) is 12.5. The monoisotopic (exact) mass is 510 g/mol. The molecule has 0 aliphatic rings. The molecular weight excluding hydrogens is 484 g/mol. The number of carbonyl (C=O) groups is 3. The standard InChI is InChI=1S/C22H26N2O8S2/c25-20(26)18(23-15-32-31-12-17-9-5-2-6-10-17)13-33-34-14-19(21(27)28)24-22(29)30-11-16-7-3-1-4-8-16/h1-10,18-19,23H,11-15H2,(H,24,29)(H,25,26)(H,27,28)/t18-,19-/m0/s1. The maximum Gasteiger partial charge on any atom is 0.408 e. The van der Waals surface area contributed by atoms with Crippen LogP contribution < -0.4 is 10.6 Å². The Morgan fingerprint density at radius 1 is 0.765 bits per heavy atom. The molecule has 2 rings (SSSR count). The van der Waals surface area contributed by atoms with E-state index in [1.54, 1.807) is 24.3 Å². The van der Waals surface area contributed by atoms with Crippen molar-refractivity contribution in [2.75, 3.05) is 18.2 Å². The molecule has 12 heteroatoms. The minimum atomic E-state index is -1.22. The molecule has 0 aromatic heterocycles. The van der Waals surface area contributed by atoms with E-state index in [-0.39, 0.29) is 31.5 Å². The molecule has 0 aliphatic heterocycles. The molecule has 0 radical (unpaired) electrons. The zero-order valence-corrected chi connectivity index (χ0v) is 19.8. The maximum atomic E-state index is 11.9. The van der Waals surface area contributed by atoms with Gasteiger partial charge in [-0.15, -0.1) is 0 Å². The average molecular weight is 511 g/mol. The molecule has 0 saturated heterocycles. The Balaban J connectivity index is 1.63. The number of carbonyl (C=O) groups excluding carboxylic acids is 1. The van der Waals surface area contributed by atoms with E-state index in [1.165, 1.54) is 0 Å². The number of hydrogen-bond donors (Lipinski definition) is 4. The highest BCUT2D eigenvalue weighted by Gasteiger charge is 2.22. The third kappa shape index (κ3) is 11.4. The molecule has 0 bridgehead atoms. The van der Waals surface area contributed by atoms with Crippen molar-refractivity contribution in [3.63, 3.8) is 0 Å². The van der Waals surface area contributed by atoms with Crippen LogP contribution >= 0.6 is 21.6 Å². The van der Waals surface area contributed by atoms with Gasteiger partial charge in [0.15, 0.2) is 0 Å². The highest BCUT2D eigenvalue weighted by molar-refractivity contribution is 8.76. The number of carboxylic acids is 2. The second-order valence-corrected chi connectivity index (χ2v) is 9.32. The van der Waals surface area contributed by atoms with Gasteiger partial charge in [-0.1, -0.05) is 82.3 Å². The van der Waals surface area contributed by atoms with Crippen molar-refractivity contribution in [2.24, 2.45) is 0 Å². The van der Waals surface area contributed by atoms with Gasteiger partial charge in [-0.25, -0.2) is 19.4 Å². The molecule has 34 heavy (non-hydrogen) atoms. The van der Waals surface area contributed by atoms with Gasteiger partial charge < -0.3 is 20.3 Å². The van der Waals surface area contributed by atoms with E-state index in [1.807, 2.05) is 36.4 Å². The molecule has 2 aromatic rings. The van der Waals surface area contributed by atoms with Crippen LogP contribution in [0.4, 0.5) is 4.79 Å². The van der Waals surface area contributed by atoms with Crippen molar-refractivity contribution < 1.29 is 39.1 Å². The fourth-order valence-corrected chi connectivity index (χ4v) is 4.74. The van der Waals surface area contributed by atoms with Crippen LogP contribution in [0.3, 0.4) is 0 Å². The van der Waals surface area contributed by atoms with E-state index >= 15 is 0 Å². The Labute approximate surface area is 204 Å². The third-order valence-corrected chi connectivity index (χ3v) is 6.62. The molecule has 2 aromatic carbocycles. The second kappa shape index (κ2) is 16.0. The lowest BCUT2D eigenvalue weighted by Gasteiger charge is -2.16. The van der Waals surface area contributed by atoms with Gasteiger partial charge in [0.25, 0.3) is 0 Å². The number of alkyl carbamates (subject to hydrolysis) is 1. The first-order chi connectivity index (χ1) is 16.5. The number of ether oxygens (including phenoxy) is 1. The first-order valence-electron chi connectivity index (χ1n) is 10.1. The number of aliphatic carboxylic acids is 2. The average Bonchev–Trinajstić information content (AvgIpc) is 2.84. The first kappa shape index (κ1) is 27.5. The summed E-state index contributed by atoms with van der Waals surface area (Å²) in [5.74, 6) is -2.16. The van der Waals surface area contributed by atoms with E-state index in [0.29, 0.717) is 0 Å². The number of rotatable bonds is 16. The fraction of sp³-hybridized carbons (Fsp3) is 0.318. The number of nitrogens with one attached hydrogen (secondary N) is 2. The molecule has 4 N–H and O–H groups in total. The van der Waals surface area contributed by atoms with E-state index < -0.39 is 30.1 Å². The smallest absolute Gasteiger partial charge is 0.408 e. The number of benzene rings is 2. The zero-order chi connectivity index (χ0) is 24.6. The third-order valence-electron chi connectivity index (χ3n) is 4.19. The van der Waals surface area contributed by atoms with E-state index in [2.05, 4.69) is 10.6 Å². The number of hydrogen-bond acceptors (Lipinski definition) is 9. The minimum Gasteiger partial charge on any atom is -0.480 e. The number of amides is 1. The molecule has 0 saturated carbocycles. The summed E-state index contributed by atoms with van der Waals surface area (Å²) in [7, 11) is 2.28. The van der Waals surface area contributed by atoms with Gasteiger partial charge in [0, 0.05) is 11.5 Å². The molecule has 2 atom stereocenters. The summed E-state index contributed by atoms with van der Waals surface area (Å²) in [5.41, 5.74) is 1.69. The lowest BCUT2D eigenvalue weighted by atomic mass is 10.2. The largest absolute Gasteiger partial charge is 0.480 e. The molecule has 0 unspecified atom stereocenters. The van der Waals surface area contributed by atoms with Crippen molar-refractivity contribution in [3.8, 4) is 0 Å². The van der Waals surface area contributed by atoms with Crippen LogP contribution in [0.5, 0.6) is 0 Å². The Morgan fingerprint density at radius 3 is 1.85 bits per heavy atom. The Kier molecular flexibility index (Phi) is 12.9. The number of carboxylic acid groups (broad SMARTS) is 2. The molecule has 0 spiro atoms. The molecular formula is C22H26N2O8S2. The first-order valence-corrected chi connectivity index (χ1v) is 12.6. The van der Waals surface area contributed by atoms with Crippen molar-refractivity contribution in [2.45, 2.75) is 25.3 Å². The van der Waals surface area contributed by atoms with Gasteiger partial charge in [-0.3, -0.25) is 10.1 Å². The topological polar surface area (TPSA) is 143 Å². The van der Waals surface area contributed by atoms with Gasteiger partial charge in [-0.2, -0.15) is 0 Å². The Bertz CT molecular complexity index is 889. The van der Waals surface area contributed by atoms with Gasteiger partial charge in [-0.05, 0) is 11.1 Å². The van der Waals surface area contributed by atoms with Crippen LogP contribution in [-0.4, -0.2) is 58.6 Å². The summed E-state index contributed by atoms with van der Waals surface area (Å²) in [6, 6.07) is 16.2. The van der Waals surface area contributed by atoms with Crippen LogP contribution in [0.25, 0.3) is 0 Å². The summed E-state index contributed by atoms with van der Waals surface area (Å²) in [4.78, 5) is 44.7. The zero-order valence-electron chi connectivity index (χ0n) is 18.1. The lowest BCUT2D eigenvalue weighted by molar-refractivity contribution is -0.308. The maximum absolute atomic E-state index is 11.9. The fourth-order valence-electron chi connectivity index (χ4n) is 2.39. The highest BCUT2D eigenvalue weighted by Crippen LogP contribution is 2.23. The molecule has 10 nitrogen and oxygen atoms in total. The lowest BCUT2D eigenvalue weighted by Crippen LogP contribution is -2.43. The Hall–Kier alpha value is -2.77. The summed E-state index contributed by atoms with van der Waals surface area (Å²) in [6.45, 7) is 0.105. The van der Waals surface area contributed by atoms with E-state index in [0.717, 1.165) is 32.7 Å². The predicted octanol–water partition coefficient (Wildman–Crippen LogP) is 2.90. The van der Waals surface area contributed by atoms with Crippen molar-refractivity contribution in [3.05, 3.63) is 71.8 Å². The minimum absolute atomic E-state index is 0.0173. The van der Waals surface area contributed by atoms with Crippen LogP contribution in [-0.2, 0) is 37.3 Å². The van der Waals surface area contributed by atoms with Gasteiger partial charge in [0.05, 0.1) is 0 Å². The predicted molar refractivity (Wildman–Crippen MR) is 128 cm³/mol. The van der Waals surface area contributed by atoms with Crippen LogP contribution in [0.15, 0.2) is 60.7 Å².